The standard InChI is InChI=1S/C24H25N5O2/c1-28-23(30)21(16-7-9-19(31-2)10-8-16)22(20-6-4-3-5-17(20)15-25)27-24(28)29-13-11-18(26)12-14-29/h3-10,18H,11-14,26H2,1-2H3. The lowest BCUT2D eigenvalue weighted by Gasteiger charge is -2.32. The van der Waals surface area contributed by atoms with Crippen LogP contribution in [-0.4, -0.2) is 35.8 Å². The average Bonchev–Trinajstić information content (AvgIpc) is 2.81. The highest BCUT2D eigenvalue weighted by atomic mass is 16.5. The van der Waals surface area contributed by atoms with Crippen LogP contribution < -0.4 is 20.9 Å². The average molecular weight is 415 g/mol. The Balaban J connectivity index is 1.96. The zero-order chi connectivity index (χ0) is 22.0. The minimum atomic E-state index is -0.159. The van der Waals surface area contributed by atoms with Crippen molar-refractivity contribution in [1.29, 1.82) is 5.26 Å². The molecule has 0 unspecified atom stereocenters. The zero-order valence-corrected chi connectivity index (χ0v) is 17.7. The van der Waals surface area contributed by atoms with Crippen LogP contribution in [0.1, 0.15) is 18.4 Å². The minimum absolute atomic E-state index is 0.159. The van der Waals surface area contributed by atoms with Crippen molar-refractivity contribution in [1.82, 2.24) is 9.55 Å². The van der Waals surface area contributed by atoms with E-state index in [1.165, 1.54) is 0 Å². The van der Waals surface area contributed by atoms with E-state index in [1.807, 2.05) is 42.5 Å². The molecule has 4 rings (SSSR count). The van der Waals surface area contributed by atoms with Gasteiger partial charge in [-0.3, -0.25) is 9.36 Å². The van der Waals surface area contributed by atoms with E-state index < -0.39 is 0 Å². The monoisotopic (exact) mass is 415 g/mol. The van der Waals surface area contributed by atoms with E-state index >= 15 is 0 Å². The van der Waals surface area contributed by atoms with Gasteiger partial charge in [0.05, 0.1) is 30.0 Å². The number of hydrogen-bond acceptors (Lipinski definition) is 6. The van der Waals surface area contributed by atoms with Crippen molar-refractivity contribution in [3.05, 3.63) is 64.4 Å². The molecule has 1 fully saturated rings. The van der Waals surface area contributed by atoms with Crippen molar-refractivity contribution >= 4 is 5.95 Å². The predicted octanol–water partition coefficient (Wildman–Crippen LogP) is 2.92. The number of nitriles is 1. The van der Waals surface area contributed by atoms with Crippen molar-refractivity contribution in [2.75, 3.05) is 25.1 Å². The molecule has 1 aliphatic rings. The van der Waals surface area contributed by atoms with Crippen molar-refractivity contribution in [2.45, 2.75) is 18.9 Å². The molecule has 1 saturated heterocycles. The number of piperidine rings is 1. The summed E-state index contributed by atoms with van der Waals surface area (Å²) in [5, 5.41) is 9.68. The Morgan fingerprint density at radius 1 is 1.13 bits per heavy atom. The third kappa shape index (κ3) is 3.90. The van der Waals surface area contributed by atoms with Crippen LogP contribution in [0.25, 0.3) is 22.4 Å². The molecule has 0 bridgehead atoms. The van der Waals surface area contributed by atoms with Crippen LogP contribution >= 0.6 is 0 Å². The summed E-state index contributed by atoms with van der Waals surface area (Å²) in [6.07, 6.45) is 1.69. The van der Waals surface area contributed by atoms with Gasteiger partial charge in [0.2, 0.25) is 5.95 Å². The van der Waals surface area contributed by atoms with Gasteiger partial charge in [-0.05, 0) is 36.6 Å². The minimum Gasteiger partial charge on any atom is -0.497 e. The molecule has 158 valence electrons. The van der Waals surface area contributed by atoms with Gasteiger partial charge in [0.25, 0.3) is 5.56 Å². The number of hydrogen-bond donors (Lipinski definition) is 1. The maximum absolute atomic E-state index is 13.6. The SMILES string of the molecule is COc1ccc(-c2c(-c3ccccc3C#N)nc(N3CCC(N)CC3)n(C)c2=O)cc1. The highest BCUT2D eigenvalue weighted by Gasteiger charge is 2.24. The molecule has 0 amide bonds. The molecule has 0 saturated carbocycles. The zero-order valence-electron chi connectivity index (χ0n) is 17.7. The maximum Gasteiger partial charge on any atom is 0.263 e. The lowest BCUT2D eigenvalue weighted by molar-refractivity contribution is 0.415. The Hall–Kier alpha value is -3.63. The molecule has 0 aliphatic carbocycles. The van der Waals surface area contributed by atoms with Gasteiger partial charge in [-0.15, -0.1) is 0 Å². The van der Waals surface area contributed by atoms with Gasteiger partial charge in [0.15, 0.2) is 0 Å². The Morgan fingerprint density at radius 2 is 1.81 bits per heavy atom. The Labute approximate surface area is 181 Å². The van der Waals surface area contributed by atoms with E-state index in [0.29, 0.717) is 34.1 Å². The molecule has 0 spiro atoms. The Kier molecular flexibility index (Phi) is 5.74. The molecule has 2 N–H and O–H groups in total. The fraction of sp³-hybridized carbons (Fsp3) is 0.292. The topological polar surface area (TPSA) is 97.2 Å². The lowest BCUT2D eigenvalue weighted by Crippen LogP contribution is -2.42. The number of nitrogens with zero attached hydrogens (tertiary/aromatic N) is 4. The molecule has 3 aromatic rings. The molecule has 0 radical (unpaired) electrons. The highest BCUT2D eigenvalue weighted by molar-refractivity contribution is 5.83. The van der Waals surface area contributed by atoms with Gasteiger partial charge in [-0.1, -0.05) is 30.3 Å². The van der Waals surface area contributed by atoms with Crippen LogP contribution in [-0.2, 0) is 7.05 Å². The normalized spacial score (nSPS) is 14.3. The summed E-state index contributed by atoms with van der Waals surface area (Å²) in [5.74, 6) is 1.30. The molecule has 0 atom stereocenters. The third-order valence-corrected chi connectivity index (χ3v) is 5.77. The first-order valence-corrected chi connectivity index (χ1v) is 10.3. The van der Waals surface area contributed by atoms with E-state index in [0.717, 1.165) is 31.5 Å². The maximum atomic E-state index is 13.6. The third-order valence-electron chi connectivity index (χ3n) is 5.77. The number of rotatable bonds is 4. The summed E-state index contributed by atoms with van der Waals surface area (Å²) in [6.45, 7) is 1.48. The molecule has 31 heavy (non-hydrogen) atoms. The second-order valence-electron chi connectivity index (χ2n) is 7.71. The molecule has 1 aromatic heterocycles. The van der Waals surface area contributed by atoms with Crippen LogP contribution in [0.3, 0.4) is 0 Å². The van der Waals surface area contributed by atoms with E-state index in [1.54, 1.807) is 24.8 Å². The van der Waals surface area contributed by atoms with E-state index in [4.69, 9.17) is 15.5 Å². The van der Waals surface area contributed by atoms with Gasteiger partial charge in [0.1, 0.15) is 5.75 Å². The summed E-state index contributed by atoms with van der Waals surface area (Å²) in [6, 6.07) is 17.0. The number of benzene rings is 2. The predicted molar refractivity (Wildman–Crippen MR) is 121 cm³/mol. The van der Waals surface area contributed by atoms with Crippen molar-refractivity contribution in [2.24, 2.45) is 12.8 Å². The van der Waals surface area contributed by atoms with Crippen LogP contribution in [0.2, 0.25) is 0 Å². The van der Waals surface area contributed by atoms with Gasteiger partial charge in [-0.2, -0.15) is 5.26 Å². The quantitative estimate of drug-likeness (QED) is 0.704. The first kappa shape index (κ1) is 20.6. The molecule has 2 aromatic carbocycles. The lowest BCUT2D eigenvalue weighted by atomic mass is 9.97. The van der Waals surface area contributed by atoms with Crippen LogP contribution in [0.15, 0.2) is 53.3 Å². The largest absolute Gasteiger partial charge is 0.497 e. The van der Waals surface area contributed by atoms with Gasteiger partial charge in [-0.25, -0.2) is 4.98 Å². The molecule has 2 heterocycles. The smallest absolute Gasteiger partial charge is 0.263 e. The fourth-order valence-corrected chi connectivity index (χ4v) is 3.97. The first-order chi connectivity index (χ1) is 15.0. The van der Waals surface area contributed by atoms with Crippen molar-refractivity contribution in [3.8, 4) is 34.2 Å². The van der Waals surface area contributed by atoms with E-state index in [9.17, 15) is 10.1 Å². The van der Waals surface area contributed by atoms with Crippen LogP contribution in [0.5, 0.6) is 5.75 Å². The number of anilines is 1. The van der Waals surface area contributed by atoms with E-state index in [2.05, 4.69) is 11.0 Å². The Bertz CT molecular complexity index is 1190. The van der Waals surface area contributed by atoms with Crippen molar-refractivity contribution < 1.29 is 4.74 Å². The van der Waals surface area contributed by atoms with Crippen LogP contribution in [0, 0.1) is 11.3 Å². The first-order valence-electron chi connectivity index (χ1n) is 10.3. The van der Waals surface area contributed by atoms with Gasteiger partial charge >= 0.3 is 0 Å². The summed E-state index contributed by atoms with van der Waals surface area (Å²) in [4.78, 5) is 20.6. The number of ether oxygens (including phenoxy) is 1. The number of nitrogens with two attached hydrogens (primary N) is 1. The second-order valence-corrected chi connectivity index (χ2v) is 7.71. The summed E-state index contributed by atoms with van der Waals surface area (Å²) in [5.41, 5.74) is 8.72. The summed E-state index contributed by atoms with van der Waals surface area (Å²) < 4.78 is 6.85. The Morgan fingerprint density at radius 3 is 2.45 bits per heavy atom. The fourth-order valence-electron chi connectivity index (χ4n) is 3.97. The van der Waals surface area contributed by atoms with E-state index in [-0.39, 0.29) is 11.6 Å². The van der Waals surface area contributed by atoms with Gasteiger partial charge < -0.3 is 15.4 Å². The number of aromatic nitrogens is 2. The molecular weight excluding hydrogens is 390 g/mol. The second kappa shape index (κ2) is 8.62. The van der Waals surface area contributed by atoms with Gasteiger partial charge in [0, 0.05) is 31.7 Å². The molecule has 1 aliphatic heterocycles. The molecular formula is C24H25N5O2. The number of methoxy groups -OCH3 is 1. The summed E-state index contributed by atoms with van der Waals surface area (Å²) in [7, 11) is 3.34. The van der Waals surface area contributed by atoms with Crippen LogP contribution in [0.4, 0.5) is 5.95 Å². The molecule has 7 heteroatoms. The molecule has 7 nitrogen and oxygen atoms in total. The highest BCUT2D eigenvalue weighted by Crippen LogP contribution is 2.32. The summed E-state index contributed by atoms with van der Waals surface area (Å²) >= 11 is 0. The van der Waals surface area contributed by atoms with Crippen molar-refractivity contribution in [3.63, 3.8) is 0 Å².